The van der Waals surface area contributed by atoms with Gasteiger partial charge in [-0.05, 0) is 31.2 Å². The van der Waals surface area contributed by atoms with Crippen molar-refractivity contribution in [1.82, 2.24) is 14.5 Å². The minimum Gasteiger partial charge on any atom is -0.369 e. The Morgan fingerprint density at radius 2 is 2.16 bits per heavy atom. The largest absolute Gasteiger partial charge is 0.369 e. The first kappa shape index (κ1) is 12.7. The molecule has 1 saturated carbocycles. The molecule has 3 rings (SSSR count). The maximum atomic E-state index is 6.09. The maximum Gasteiger partial charge on any atom is 0.202 e. The summed E-state index contributed by atoms with van der Waals surface area (Å²) in [7, 11) is 0. The van der Waals surface area contributed by atoms with Crippen LogP contribution in [0, 0.1) is 5.92 Å². The van der Waals surface area contributed by atoms with E-state index in [0.717, 1.165) is 29.9 Å². The highest BCUT2D eigenvalue weighted by atomic mass is 35.5. The summed E-state index contributed by atoms with van der Waals surface area (Å²) >= 11 is 5.96. The van der Waals surface area contributed by atoms with Crippen LogP contribution in [-0.4, -0.2) is 14.5 Å². The first-order chi connectivity index (χ1) is 9.15. The first-order valence-corrected chi connectivity index (χ1v) is 7.32. The second-order valence-corrected chi connectivity index (χ2v) is 6.04. The Balaban J connectivity index is 2.01. The monoisotopic (exact) mass is 278 g/mol. The lowest BCUT2D eigenvalue weighted by Gasteiger charge is -2.18. The molecule has 0 aliphatic heterocycles. The van der Waals surface area contributed by atoms with Gasteiger partial charge in [0, 0.05) is 12.2 Å². The third kappa shape index (κ3) is 2.41. The summed E-state index contributed by atoms with van der Waals surface area (Å²) in [6.45, 7) is 2.33. The quantitative estimate of drug-likeness (QED) is 0.807. The standard InChI is InChI=1S/C14H19ClN4/c1-9-3-2-4-11(6-5-9)19-13-12(18-14(19)16)7-10(15)8-17-13/h7-9,11H,2-6H2,1H3,(H2,16,18). The first-order valence-electron chi connectivity index (χ1n) is 6.94. The minimum absolute atomic E-state index is 0.420. The lowest BCUT2D eigenvalue weighted by molar-refractivity contribution is 0.444. The van der Waals surface area contributed by atoms with Crippen molar-refractivity contribution >= 4 is 28.7 Å². The smallest absolute Gasteiger partial charge is 0.202 e. The van der Waals surface area contributed by atoms with Crippen molar-refractivity contribution in [3.05, 3.63) is 17.3 Å². The van der Waals surface area contributed by atoms with Crippen molar-refractivity contribution < 1.29 is 0 Å². The van der Waals surface area contributed by atoms with Crippen LogP contribution in [0.4, 0.5) is 5.95 Å². The summed E-state index contributed by atoms with van der Waals surface area (Å²) in [5.41, 5.74) is 7.74. The van der Waals surface area contributed by atoms with Crippen molar-refractivity contribution in [3.8, 4) is 0 Å². The van der Waals surface area contributed by atoms with Crippen molar-refractivity contribution in [3.63, 3.8) is 0 Å². The molecule has 102 valence electrons. The van der Waals surface area contributed by atoms with Crippen molar-refractivity contribution in [2.45, 2.75) is 45.1 Å². The van der Waals surface area contributed by atoms with Crippen LogP contribution in [0.5, 0.6) is 0 Å². The molecule has 4 nitrogen and oxygen atoms in total. The highest BCUT2D eigenvalue weighted by molar-refractivity contribution is 6.31. The average Bonchev–Trinajstić information content (AvgIpc) is 2.54. The van der Waals surface area contributed by atoms with Crippen LogP contribution in [0.3, 0.4) is 0 Å². The van der Waals surface area contributed by atoms with E-state index in [-0.39, 0.29) is 0 Å². The minimum atomic E-state index is 0.420. The Morgan fingerprint density at radius 3 is 3.00 bits per heavy atom. The molecule has 1 fully saturated rings. The number of hydrogen-bond acceptors (Lipinski definition) is 3. The number of halogens is 1. The topological polar surface area (TPSA) is 56.7 Å². The van der Waals surface area contributed by atoms with Gasteiger partial charge in [-0.2, -0.15) is 0 Å². The molecule has 0 radical (unpaired) electrons. The normalized spacial score (nSPS) is 24.5. The summed E-state index contributed by atoms with van der Waals surface area (Å²) in [5.74, 6) is 1.37. The molecule has 0 amide bonds. The Kier molecular flexibility index (Phi) is 3.35. The van der Waals surface area contributed by atoms with Gasteiger partial charge in [0.1, 0.15) is 5.52 Å². The van der Waals surface area contributed by atoms with Gasteiger partial charge in [0.05, 0.1) is 5.02 Å². The number of anilines is 1. The zero-order chi connectivity index (χ0) is 13.4. The van der Waals surface area contributed by atoms with Crippen LogP contribution in [0.1, 0.15) is 45.1 Å². The van der Waals surface area contributed by atoms with Crippen LogP contribution in [0.2, 0.25) is 5.02 Å². The van der Waals surface area contributed by atoms with Gasteiger partial charge in [-0.3, -0.25) is 4.57 Å². The van der Waals surface area contributed by atoms with Gasteiger partial charge in [-0.15, -0.1) is 0 Å². The van der Waals surface area contributed by atoms with Crippen LogP contribution in [0.15, 0.2) is 12.3 Å². The average molecular weight is 279 g/mol. The van der Waals surface area contributed by atoms with Crippen molar-refractivity contribution in [2.24, 2.45) is 5.92 Å². The lowest BCUT2D eigenvalue weighted by Crippen LogP contribution is -2.12. The predicted molar refractivity (Wildman–Crippen MR) is 78.2 cm³/mol. The summed E-state index contributed by atoms with van der Waals surface area (Å²) < 4.78 is 2.10. The summed E-state index contributed by atoms with van der Waals surface area (Å²) in [6, 6.07) is 2.25. The number of hydrogen-bond donors (Lipinski definition) is 1. The van der Waals surface area contributed by atoms with Crippen LogP contribution in [0.25, 0.3) is 11.2 Å². The molecule has 0 spiro atoms. The lowest BCUT2D eigenvalue weighted by atomic mass is 10.0. The Hall–Kier alpha value is -1.29. The number of nitrogens with zero attached hydrogens (tertiary/aromatic N) is 3. The fourth-order valence-corrected chi connectivity index (χ4v) is 3.21. The van der Waals surface area contributed by atoms with E-state index >= 15 is 0 Å². The van der Waals surface area contributed by atoms with Gasteiger partial charge in [0.15, 0.2) is 5.65 Å². The van der Waals surface area contributed by atoms with E-state index in [1.165, 1.54) is 19.3 Å². The highest BCUT2D eigenvalue weighted by Gasteiger charge is 2.22. The highest BCUT2D eigenvalue weighted by Crippen LogP contribution is 2.34. The Morgan fingerprint density at radius 1 is 1.32 bits per heavy atom. The molecule has 2 aromatic heterocycles. The molecule has 2 unspecified atom stereocenters. The molecular weight excluding hydrogens is 260 g/mol. The van der Waals surface area contributed by atoms with Gasteiger partial charge in [-0.25, -0.2) is 9.97 Å². The SMILES string of the molecule is CC1CCCC(n2c(N)nc3cc(Cl)cnc32)CC1. The van der Waals surface area contributed by atoms with Gasteiger partial charge < -0.3 is 5.73 Å². The molecule has 2 heterocycles. The zero-order valence-electron chi connectivity index (χ0n) is 11.1. The number of rotatable bonds is 1. The molecule has 1 aliphatic carbocycles. The molecule has 1 aliphatic rings. The molecule has 0 aromatic carbocycles. The van der Waals surface area contributed by atoms with Gasteiger partial charge >= 0.3 is 0 Å². The molecule has 5 heteroatoms. The molecule has 2 aromatic rings. The van der Waals surface area contributed by atoms with E-state index in [1.54, 1.807) is 6.20 Å². The number of fused-ring (bicyclic) bond motifs is 1. The molecular formula is C14H19ClN4. The van der Waals surface area contributed by atoms with Crippen molar-refractivity contribution in [2.75, 3.05) is 5.73 Å². The van der Waals surface area contributed by atoms with E-state index < -0.39 is 0 Å². The van der Waals surface area contributed by atoms with E-state index in [4.69, 9.17) is 17.3 Å². The number of nitrogens with two attached hydrogens (primary N) is 1. The number of aromatic nitrogens is 3. The molecule has 0 bridgehead atoms. The van der Waals surface area contributed by atoms with Crippen LogP contribution < -0.4 is 5.73 Å². The summed E-state index contributed by atoms with van der Waals surface area (Å²) in [4.78, 5) is 8.81. The maximum absolute atomic E-state index is 6.09. The Labute approximate surface area is 118 Å². The fraction of sp³-hybridized carbons (Fsp3) is 0.571. The van der Waals surface area contributed by atoms with Gasteiger partial charge in [0.2, 0.25) is 5.95 Å². The van der Waals surface area contributed by atoms with Gasteiger partial charge in [0.25, 0.3) is 0 Å². The van der Waals surface area contributed by atoms with Gasteiger partial charge in [-0.1, -0.05) is 31.4 Å². The van der Waals surface area contributed by atoms with Crippen molar-refractivity contribution in [1.29, 1.82) is 0 Å². The summed E-state index contributed by atoms with van der Waals surface area (Å²) in [5, 5.41) is 0.603. The van der Waals surface area contributed by atoms with E-state index in [0.29, 0.717) is 17.0 Å². The molecule has 2 N–H and O–H groups in total. The van der Waals surface area contributed by atoms with Crippen LogP contribution >= 0.6 is 11.6 Å². The van der Waals surface area contributed by atoms with E-state index in [9.17, 15) is 0 Å². The molecule has 19 heavy (non-hydrogen) atoms. The fourth-order valence-electron chi connectivity index (χ4n) is 3.06. The third-order valence-corrected chi connectivity index (χ3v) is 4.32. The van der Waals surface area contributed by atoms with E-state index in [1.807, 2.05) is 6.07 Å². The number of nitrogen functional groups attached to an aromatic ring is 1. The number of pyridine rings is 1. The van der Waals surface area contributed by atoms with Crippen LogP contribution in [-0.2, 0) is 0 Å². The molecule has 0 saturated heterocycles. The number of imidazole rings is 1. The molecule has 2 atom stereocenters. The zero-order valence-corrected chi connectivity index (χ0v) is 11.9. The predicted octanol–water partition coefficient (Wildman–Crippen LogP) is 3.81. The third-order valence-electron chi connectivity index (χ3n) is 4.12. The van der Waals surface area contributed by atoms with E-state index in [2.05, 4.69) is 21.5 Å². The Bertz CT molecular complexity index is 592. The second kappa shape index (κ2) is 5.00. The second-order valence-electron chi connectivity index (χ2n) is 5.60. The summed E-state index contributed by atoms with van der Waals surface area (Å²) in [6.07, 6.45) is 7.78.